The van der Waals surface area contributed by atoms with Crippen LogP contribution in [0.4, 0.5) is 0 Å². The summed E-state index contributed by atoms with van der Waals surface area (Å²) in [6.45, 7) is -0.961. The summed E-state index contributed by atoms with van der Waals surface area (Å²) in [5.74, 6) is 0. The topological polar surface area (TPSA) is 86.7 Å². The van der Waals surface area contributed by atoms with Crippen molar-refractivity contribution >= 4 is 41.8 Å². The molecular formula is C21H16K2O6S2+2. The molecule has 0 aromatic heterocycles. The number of fused-ring (bicyclic) bond motifs is 2. The van der Waals surface area contributed by atoms with Crippen LogP contribution in [0.5, 0.6) is 0 Å². The SMILES string of the molecule is O=S(=O)(OCOS(=O)(=O)c1cccc2ccccc12)c1cccc2ccccc12.[K+].[K+]. The molecule has 0 saturated carbocycles. The van der Waals surface area contributed by atoms with Crippen LogP contribution in [0.3, 0.4) is 0 Å². The molecule has 0 radical (unpaired) electrons. The van der Waals surface area contributed by atoms with Gasteiger partial charge < -0.3 is 0 Å². The molecule has 0 aliphatic carbocycles. The third-order valence-electron chi connectivity index (χ3n) is 4.44. The van der Waals surface area contributed by atoms with Crippen LogP contribution >= 0.6 is 0 Å². The van der Waals surface area contributed by atoms with Gasteiger partial charge in [0.2, 0.25) is 0 Å². The van der Waals surface area contributed by atoms with E-state index in [4.69, 9.17) is 8.37 Å². The molecule has 0 aliphatic heterocycles. The molecule has 0 bridgehead atoms. The van der Waals surface area contributed by atoms with E-state index in [1.807, 2.05) is 0 Å². The molecule has 0 N–H and O–H groups in total. The van der Waals surface area contributed by atoms with Gasteiger partial charge in [-0.25, -0.2) is 8.37 Å². The van der Waals surface area contributed by atoms with E-state index in [2.05, 4.69) is 0 Å². The third-order valence-corrected chi connectivity index (χ3v) is 7.05. The summed E-state index contributed by atoms with van der Waals surface area (Å²) in [5.41, 5.74) is 0. The van der Waals surface area contributed by atoms with Crippen LogP contribution in [0.15, 0.2) is 94.7 Å². The summed E-state index contributed by atoms with van der Waals surface area (Å²) in [6, 6.07) is 23.4. The van der Waals surface area contributed by atoms with Crippen LogP contribution in [0.25, 0.3) is 21.5 Å². The molecule has 31 heavy (non-hydrogen) atoms. The summed E-state index contributed by atoms with van der Waals surface area (Å²) in [4.78, 5) is -0.108. The molecule has 0 aliphatic rings. The van der Waals surface area contributed by atoms with Gasteiger partial charge in [0.1, 0.15) is 9.79 Å². The average molecular weight is 507 g/mol. The first-order valence-electron chi connectivity index (χ1n) is 8.63. The molecule has 4 aromatic rings. The molecule has 0 fully saturated rings. The quantitative estimate of drug-likeness (QED) is 0.172. The molecule has 0 heterocycles. The van der Waals surface area contributed by atoms with Crippen molar-refractivity contribution < 1.29 is 128 Å². The molecular weight excluding hydrogens is 491 g/mol. The Balaban J connectivity index is 0.00000171. The minimum absolute atomic E-state index is 0. The zero-order valence-electron chi connectivity index (χ0n) is 17.1. The third kappa shape index (κ3) is 6.34. The van der Waals surface area contributed by atoms with E-state index < -0.39 is 27.0 Å². The average Bonchev–Trinajstić information content (AvgIpc) is 2.72. The molecule has 148 valence electrons. The smallest absolute Gasteiger partial charge is 0.236 e. The van der Waals surface area contributed by atoms with Gasteiger partial charge in [0.05, 0.1) is 0 Å². The number of rotatable bonds is 6. The van der Waals surface area contributed by atoms with Crippen molar-refractivity contribution in [2.75, 3.05) is 6.79 Å². The maximum absolute atomic E-state index is 12.6. The predicted molar refractivity (Wildman–Crippen MR) is 109 cm³/mol. The maximum Gasteiger partial charge on any atom is 1.00 e. The largest absolute Gasteiger partial charge is 1.00 e. The number of hydrogen-bond acceptors (Lipinski definition) is 6. The molecule has 0 atom stereocenters. The maximum atomic E-state index is 12.6. The minimum Gasteiger partial charge on any atom is -0.236 e. The Labute approximate surface area is 266 Å². The van der Waals surface area contributed by atoms with Crippen LogP contribution in [0, 0.1) is 0 Å². The molecule has 6 nitrogen and oxygen atoms in total. The fourth-order valence-electron chi connectivity index (χ4n) is 3.10. The van der Waals surface area contributed by atoms with Crippen LogP contribution in [-0.2, 0) is 28.6 Å². The second kappa shape index (κ2) is 11.8. The molecule has 0 spiro atoms. The van der Waals surface area contributed by atoms with Crippen molar-refractivity contribution in [3.05, 3.63) is 84.9 Å². The van der Waals surface area contributed by atoms with Gasteiger partial charge in [-0.2, -0.15) is 16.8 Å². The molecule has 4 rings (SSSR count). The van der Waals surface area contributed by atoms with Gasteiger partial charge in [-0.15, -0.1) is 0 Å². The Morgan fingerprint density at radius 3 is 1.29 bits per heavy atom. The zero-order valence-corrected chi connectivity index (χ0v) is 24.9. The van der Waals surface area contributed by atoms with Gasteiger partial charge in [0.15, 0.2) is 6.79 Å². The van der Waals surface area contributed by atoms with Crippen LogP contribution in [-0.4, -0.2) is 23.6 Å². The number of benzene rings is 4. The summed E-state index contributed by atoms with van der Waals surface area (Å²) in [7, 11) is -8.45. The fourth-order valence-corrected chi connectivity index (χ4v) is 5.17. The second-order valence-corrected chi connectivity index (χ2v) is 9.38. The molecule has 0 unspecified atom stereocenters. The first kappa shape index (κ1) is 27.7. The Kier molecular flexibility index (Phi) is 10.5. The van der Waals surface area contributed by atoms with E-state index in [0.29, 0.717) is 10.8 Å². The van der Waals surface area contributed by atoms with E-state index in [1.54, 1.807) is 72.8 Å². The summed E-state index contributed by atoms with van der Waals surface area (Å²) in [6.07, 6.45) is 0. The molecule has 10 heteroatoms. The van der Waals surface area contributed by atoms with Crippen LogP contribution < -0.4 is 103 Å². The van der Waals surface area contributed by atoms with Gasteiger partial charge in [-0.05, 0) is 22.9 Å². The van der Waals surface area contributed by atoms with E-state index >= 15 is 0 Å². The van der Waals surface area contributed by atoms with Crippen molar-refractivity contribution in [3.8, 4) is 0 Å². The van der Waals surface area contributed by atoms with E-state index in [1.165, 1.54) is 12.1 Å². The van der Waals surface area contributed by atoms with Crippen molar-refractivity contribution in [1.29, 1.82) is 0 Å². The fraction of sp³-hybridized carbons (Fsp3) is 0.0476. The number of hydrogen-bond donors (Lipinski definition) is 0. The Morgan fingerprint density at radius 1 is 0.516 bits per heavy atom. The predicted octanol–water partition coefficient (Wildman–Crippen LogP) is -1.93. The summed E-state index contributed by atoms with van der Waals surface area (Å²) < 4.78 is 60.1. The summed E-state index contributed by atoms with van der Waals surface area (Å²) >= 11 is 0. The van der Waals surface area contributed by atoms with Gasteiger partial charge in [-0.3, -0.25) is 0 Å². The second-order valence-electron chi connectivity index (χ2n) is 6.22. The van der Waals surface area contributed by atoms with E-state index in [0.717, 1.165) is 10.8 Å². The Morgan fingerprint density at radius 2 is 0.871 bits per heavy atom. The van der Waals surface area contributed by atoms with E-state index in [-0.39, 0.29) is 113 Å². The first-order valence-corrected chi connectivity index (χ1v) is 11.4. The van der Waals surface area contributed by atoms with Crippen LogP contribution in [0.1, 0.15) is 0 Å². The van der Waals surface area contributed by atoms with Crippen molar-refractivity contribution in [2.24, 2.45) is 0 Å². The first-order chi connectivity index (χ1) is 13.9. The molecule has 4 aromatic carbocycles. The normalized spacial score (nSPS) is 11.6. The molecule has 0 saturated heterocycles. The van der Waals surface area contributed by atoms with Crippen molar-refractivity contribution in [1.82, 2.24) is 0 Å². The molecule has 0 amide bonds. The monoisotopic (exact) mass is 506 g/mol. The minimum atomic E-state index is -4.22. The van der Waals surface area contributed by atoms with Gasteiger partial charge >= 0.3 is 103 Å². The Hall–Kier alpha value is 0.493. The van der Waals surface area contributed by atoms with Crippen molar-refractivity contribution in [2.45, 2.75) is 9.79 Å². The van der Waals surface area contributed by atoms with Gasteiger partial charge in [0, 0.05) is 10.8 Å². The van der Waals surface area contributed by atoms with E-state index in [9.17, 15) is 16.8 Å². The van der Waals surface area contributed by atoms with Gasteiger partial charge in [-0.1, -0.05) is 72.8 Å². The van der Waals surface area contributed by atoms with Crippen LogP contribution in [0.2, 0.25) is 0 Å². The van der Waals surface area contributed by atoms with Gasteiger partial charge in [0.25, 0.3) is 20.2 Å². The Bertz CT molecular complexity index is 1300. The zero-order chi connectivity index (χ0) is 20.5. The van der Waals surface area contributed by atoms with Crippen molar-refractivity contribution in [3.63, 3.8) is 0 Å². The summed E-state index contributed by atoms with van der Waals surface area (Å²) in [5, 5.41) is 2.40. The standard InChI is InChI=1S/C21H16O6S2.2K/c22-28(23,20-13-5-9-16-7-1-3-11-18(16)20)26-15-27-29(24,25)21-14-6-10-17-8-2-4-12-19(17)21;;/h1-14H,15H2;;/q;2*+1.